The summed E-state index contributed by atoms with van der Waals surface area (Å²) in [5.41, 5.74) is 3.71. The Bertz CT molecular complexity index is 1370. The quantitative estimate of drug-likeness (QED) is 0.428. The number of hydrogen-bond donors (Lipinski definition) is 0. The summed E-state index contributed by atoms with van der Waals surface area (Å²) >= 11 is 1.63. The maximum absolute atomic E-state index is 13.2. The zero-order valence-electron chi connectivity index (χ0n) is 18.6. The minimum absolute atomic E-state index is 0.0275. The third kappa shape index (κ3) is 3.80. The van der Waals surface area contributed by atoms with Crippen molar-refractivity contribution >= 4 is 27.5 Å². The van der Waals surface area contributed by atoms with Crippen LogP contribution in [0.4, 0.5) is 0 Å². The average molecular weight is 475 g/mol. The second-order valence-corrected chi connectivity index (χ2v) is 9.21. The number of rotatable bonds is 4. The van der Waals surface area contributed by atoms with Crippen LogP contribution in [0.5, 0.6) is 23.0 Å². The molecule has 0 N–H and O–H groups in total. The summed E-state index contributed by atoms with van der Waals surface area (Å²) in [5.74, 6) is 2.75. The van der Waals surface area contributed by atoms with Crippen molar-refractivity contribution in [3.05, 3.63) is 65.7 Å². The Morgan fingerprint density at radius 3 is 2.85 bits per heavy atom. The van der Waals surface area contributed by atoms with Crippen LogP contribution in [0.3, 0.4) is 0 Å². The van der Waals surface area contributed by atoms with Gasteiger partial charge < -0.3 is 23.8 Å². The topological polar surface area (TPSA) is 70.1 Å². The van der Waals surface area contributed by atoms with Crippen molar-refractivity contribution in [3.63, 3.8) is 0 Å². The molecule has 0 bridgehead atoms. The molecule has 3 heterocycles. The Morgan fingerprint density at radius 1 is 1.09 bits per heavy atom. The van der Waals surface area contributed by atoms with Crippen molar-refractivity contribution in [1.82, 2.24) is 9.88 Å². The van der Waals surface area contributed by atoms with Gasteiger partial charge in [0, 0.05) is 17.7 Å². The van der Waals surface area contributed by atoms with Crippen LogP contribution in [0, 0.1) is 0 Å². The first-order chi connectivity index (χ1) is 16.7. The van der Waals surface area contributed by atoms with Crippen LogP contribution in [-0.2, 0) is 17.8 Å². The fraction of sp³-hybridized carbons (Fsp3) is 0.231. The predicted octanol–water partition coefficient (Wildman–Crippen LogP) is 4.66. The van der Waals surface area contributed by atoms with Crippen LogP contribution < -0.4 is 18.9 Å². The van der Waals surface area contributed by atoms with Crippen LogP contribution in [0.15, 0.2) is 54.6 Å². The number of hydrogen-bond acceptors (Lipinski definition) is 7. The summed E-state index contributed by atoms with van der Waals surface area (Å²) in [6.45, 7) is 1.55. The smallest absolute Gasteiger partial charge is 0.231 e. The summed E-state index contributed by atoms with van der Waals surface area (Å²) in [5, 5.41) is 0.907. The number of fused-ring (bicyclic) bond motifs is 3. The second-order valence-electron chi connectivity index (χ2n) is 8.18. The Morgan fingerprint density at radius 2 is 1.97 bits per heavy atom. The monoisotopic (exact) mass is 474 g/mol. The number of aromatic nitrogens is 1. The van der Waals surface area contributed by atoms with E-state index in [0.717, 1.165) is 31.9 Å². The van der Waals surface area contributed by atoms with Crippen LogP contribution in [-0.4, -0.2) is 42.8 Å². The molecule has 172 valence electrons. The van der Waals surface area contributed by atoms with Crippen LogP contribution >= 0.6 is 11.3 Å². The minimum Gasteiger partial charge on any atom is -0.493 e. The van der Waals surface area contributed by atoms with Gasteiger partial charge in [-0.2, -0.15) is 0 Å². The molecule has 1 aromatic heterocycles. The molecule has 7 nitrogen and oxygen atoms in total. The van der Waals surface area contributed by atoms with E-state index in [-0.39, 0.29) is 19.1 Å². The molecular formula is C26H22N2O5S. The van der Waals surface area contributed by atoms with E-state index in [1.807, 2.05) is 47.4 Å². The van der Waals surface area contributed by atoms with Crippen LogP contribution in [0.25, 0.3) is 20.8 Å². The van der Waals surface area contributed by atoms with Crippen molar-refractivity contribution in [2.24, 2.45) is 0 Å². The van der Waals surface area contributed by atoms with Crippen molar-refractivity contribution in [3.8, 4) is 33.6 Å². The molecular weight excluding hydrogens is 452 g/mol. The zero-order valence-corrected chi connectivity index (χ0v) is 19.4. The largest absolute Gasteiger partial charge is 0.493 e. The van der Waals surface area contributed by atoms with Gasteiger partial charge in [-0.15, -0.1) is 11.3 Å². The Labute approximate surface area is 200 Å². The zero-order chi connectivity index (χ0) is 23.1. The molecule has 0 unspecified atom stereocenters. The number of amides is 1. The maximum atomic E-state index is 13.2. The van der Waals surface area contributed by atoms with Gasteiger partial charge in [0.05, 0.1) is 30.3 Å². The average Bonchev–Trinajstić information content (AvgIpc) is 3.44. The number of thiazole rings is 1. The first-order valence-electron chi connectivity index (χ1n) is 11.0. The molecule has 34 heavy (non-hydrogen) atoms. The number of para-hydroxylation sites is 1. The number of methoxy groups -OCH3 is 1. The standard InChI is InChI=1S/C26H22N2O5S/c1-30-22-13-17(26-27-19-4-2-3-5-23(19)34-26)12-18-14-28(8-9-31-25(18)22)24(29)11-16-6-7-20-21(10-16)33-15-32-20/h2-7,10,12-13H,8-9,11,14-15H2,1H3. The summed E-state index contributed by atoms with van der Waals surface area (Å²) in [7, 11) is 1.63. The number of benzene rings is 3. The first kappa shape index (κ1) is 20.8. The van der Waals surface area contributed by atoms with Crippen molar-refractivity contribution < 1.29 is 23.7 Å². The third-order valence-electron chi connectivity index (χ3n) is 6.01. The lowest BCUT2D eigenvalue weighted by atomic mass is 10.1. The van der Waals surface area contributed by atoms with E-state index in [4.69, 9.17) is 23.9 Å². The van der Waals surface area contributed by atoms with E-state index in [2.05, 4.69) is 12.1 Å². The van der Waals surface area contributed by atoms with Crippen molar-refractivity contribution in [2.45, 2.75) is 13.0 Å². The molecule has 0 spiro atoms. The molecule has 0 aliphatic carbocycles. The van der Waals surface area contributed by atoms with Gasteiger partial charge >= 0.3 is 0 Å². The Hall–Kier alpha value is -3.78. The lowest BCUT2D eigenvalue weighted by Gasteiger charge is -2.20. The lowest BCUT2D eigenvalue weighted by Crippen LogP contribution is -2.33. The fourth-order valence-corrected chi connectivity index (χ4v) is 5.26. The number of carbonyl (C=O) groups excluding carboxylic acids is 1. The molecule has 0 saturated carbocycles. The minimum atomic E-state index is 0.0275. The van der Waals surface area contributed by atoms with Gasteiger partial charge in [-0.25, -0.2) is 4.98 Å². The highest BCUT2D eigenvalue weighted by atomic mass is 32.1. The molecule has 8 heteroatoms. The van der Waals surface area contributed by atoms with E-state index in [1.54, 1.807) is 18.4 Å². The lowest BCUT2D eigenvalue weighted by molar-refractivity contribution is -0.131. The Balaban J connectivity index is 1.29. The molecule has 2 aliphatic rings. The Kier molecular flexibility index (Phi) is 5.22. The molecule has 4 aromatic rings. The summed E-state index contributed by atoms with van der Waals surface area (Å²) in [6, 6.07) is 17.7. The van der Waals surface area contributed by atoms with Gasteiger partial charge in [-0.3, -0.25) is 4.79 Å². The summed E-state index contributed by atoms with van der Waals surface area (Å²) in [6.07, 6.45) is 0.278. The third-order valence-corrected chi connectivity index (χ3v) is 7.09. The van der Waals surface area contributed by atoms with E-state index in [0.29, 0.717) is 42.7 Å². The van der Waals surface area contributed by atoms with Gasteiger partial charge in [0.15, 0.2) is 23.0 Å². The van der Waals surface area contributed by atoms with E-state index >= 15 is 0 Å². The van der Waals surface area contributed by atoms with Gasteiger partial charge in [0.1, 0.15) is 11.6 Å². The molecule has 6 rings (SSSR count). The molecule has 0 saturated heterocycles. The molecule has 1 amide bonds. The van der Waals surface area contributed by atoms with Crippen LogP contribution in [0.2, 0.25) is 0 Å². The van der Waals surface area contributed by atoms with Crippen molar-refractivity contribution in [1.29, 1.82) is 0 Å². The van der Waals surface area contributed by atoms with E-state index < -0.39 is 0 Å². The second kappa shape index (κ2) is 8.53. The first-order valence-corrected chi connectivity index (χ1v) is 11.9. The van der Waals surface area contributed by atoms with Gasteiger partial charge in [0.25, 0.3) is 0 Å². The predicted molar refractivity (Wildman–Crippen MR) is 129 cm³/mol. The molecule has 0 atom stereocenters. The fourth-order valence-electron chi connectivity index (χ4n) is 4.30. The number of nitrogens with zero attached hydrogens (tertiary/aromatic N) is 2. The maximum Gasteiger partial charge on any atom is 0.231 e. The highest BCUT2D eigenvalue weighted by Gasteiger charge is 2.25. The molecule has 3 aromatic carbocycles. The molecule has 2 aliphatic heterocycles. The molecule has 0 radical (unpaired) electrons. The van der Waals surface area contributed by atoms with E-state index in [1.165, 1.54) is 0 Å². The van der Waals surface area contributed by atoms with Gasteiger partial charge in [-0.1, -0.05) is 18.2 Å². The highest BCUT2D eigenvalue weighted by molar-refractivity contribution is 7.21. The van der Waals surface area contributed by atoms with Crippen LogP contribution in [0.1, 0.15) is 11.1 Å². The molecule has 0 fully saturated rings. The van der Waals surface area contributed by atoms with Gasteiger partial charge in [-0.05, 0) is 42.0 Å². The SMILES string of the molecule is COc1cc(-c2nc3ccccc3s2)cc2c1OCCN(C(=O)Cc1ccc3c(c1)OCO3)C2. The van der Waals surface area contributed by atoms with E-state index in [9.17, 15) is 4.79 Å². The normalized spacial score (nSPS) is 14.4. The van der Waals surface area contributed by atoms with Crippen molar-refractivity contribution in [2.75, 3.05) is 27.1 Å². The summed E-state index contributed by atoms with van der Waals surface area (Å²) in [4.78, 5) is 19.8. The van der Waals surface area contributed by atoms with Gasteiger partial charge in [0.2, 0.25) is 12.7 Å². The number of ether oxygens (including phenoxy) is 4. The number of carbonyl (C=O) groups is 1. The summed E-state index contributed by atoms with van der Waals surface area (Å²) < 4.78 is 23.6. The highest BCUT2D eigenvalue weighted by Crippen LogP contribution is 2.40.